The number of aromatic nitrogens is 3. The molecule has 1 aromatic heterocycles. The van der Waals surface area contributed by atoms with E-state index in [0.29, 0.717) is 16.9 Å². The van der Waals surface area contributed by atoms with Crippen LogP contribution in [-0.2, 0) is 0 Å². The van der Waals surface area contributed by atoms with Gasteiger partial charge in [-0.15, -0.1) is 5.10 Å². The van der Waals surface area contributed by atoms with E-state index in [2.05, 4.69) is 41.6 Å². The Balaban J connectivity index is 1.89. The van der Waals surface area contributed by atoms with Crippen molar-refractivity contribution < 1.29 is 0 Å². The van der Waals surface area contributed by atoms with E-state index < -0.39 is 0 Å². The molecule has 1 heterocycles. The lowest BCUT2D eigenvalue weighted by Crippen LogP contribution is -1.92. The van der Waals surface area contributed by atoms with E-state index in [4.69, 9.17) is 5.26 Å². The number of rotatable bonds is 5. The maximum atomic E-state index is 8.44. The average Bonchev–Trinajstić information content (AvgIpc) is 2.87. The fourth-order valence-corrected chi connectivity index (χ4v) is 1.90. The number of halogens is 1. The first-order chi connectivity index (χ1) is 9.28. The number of nitrogens with one attached hydrogen (secondary N) is 2. The molecule has 0 aliphatic rings. The topological polar surface area (TPSA) is 89.8 Å². The Hall–Kier alpha value is -1.85. The SMILES string of the molecule is N#CCSc1n[nH]c(NN=Cc2ccc(Br)cc2)n1. The molecule has 6 nitrogen and oxygen atoms in total. The minimum atomic E-state index is 0.319. The summed E-state index contributed by atoms with van der Waals surface area (Å²) in [7, 11) is 0. The van der Waals surface area contributed by atoms with Crippen LogP contribution in [0.4, 0.5) is 5.95 Å². The molecule has 1 aromatic carbocycles. The lowest BCUT2D eigenvalue weighted by atomic mass is 10.2. The molecule has 2 aromatic rings. The summed E-state index contributed by atoms with van der Waals surface area (Å²) in [6, 6.07) is 9.75. The largest absolute Gasteiger partial charge is 0.246 e. The Bertz CT molecular complexity index is 600. The molecule has 0 aliphatic heterocycles. The molecule has 0 unspecified atom stereocenters. The number of hydrogen-bond acceptors (Lipinski definition) is 6. The van der Waals surface area contributed by atoms with E-state index in [1.54, 1.807) is 6.21 Å². The van der Waals surface area contributed by atoms with Gasteiger partial charge in [-0.1, -0.05) is 39.8 Å². The highest BCUT2D eigenvalue weighted by molar-refractivity contribution is 9.10. The first kappa shape index (κ1) is 13.6. The van der Waals surface area contributed by atoms with Gasteiger partial charge in [0.15, 0.2) is 0 Å². The maximum absolute atomic E-state index is 8.44. The highest BCUT2D eigenvalue weighted by Crippen LogP contribution is 2.13. The lowest BCUT2D eigenvalue weighted by Gasteiger charge is -1.94. The molecule has 19 heavy (non-hydrogen) atoms. The van der Waals surface area contributed by atoms with Crippen LogP contribution in [0.15, 0.2) is 39.0 Å². The lowest BCUT2D eigenvalue weighted by molar-refractivity contribution is 0.975. The van der Waals surface area contributed by atoms with Gasteiger partial charge < -0.3 is 0 Å². The zero-order valence-electron chi connectivity index (χ0n) is 9.67. The Morgan fingerprint density at radius 1 is 1.47 bits per heavy atom. The predicted molar refractivity (Wildman–Crippen MR) is 78.1 cm³/mol. The fraction of sp³-hybridized carbons (Fsp3) is 0.0909. The van der Waals surface area contributed by atoms with Gasteiger partial charge in [0, 0.05) is 4.47 Å². The molecular formula is C11H9BrN6S. The van der Waals surface area contributed by atoms with Crippen molar-refractivity contribution in [3.63, 3.8) is 0 Å². The van der Waals surface area contributed by atoms with Gasteiger partial charge in [-0.25, -0.2) is 10.5 Å². The maximum Gasteiger partial charge on any atom is 0.240 e. The van der Waals surface area contributed by atoms with Gasteiger partial charge >= 0.3 is 0 Å². The van der Waals surface area contributed by atoms with Crippen LogP contribution in [0.1, 0.15) is 5.56 Å². The van der Waals surface area contributed by atoms with Crippen molar-refractivity contribution in [2.75, 3.05) is 11.2 Å². The molecule has 0 saturated carbocycles. The second kappa shape index (κ2) is 6.92. The second-order valence-corrected chi connectivity index (χ2v) is 5.19. The molecule has 96 valence electrons. The number of thioether (sulfide) groups is 1. The first-order valence-corrected chi connectivity index (χ1v) is 7.02. The third-order valence-electron chi connectivity index (χ3n) is 1.98. The zero-order valence-corrected chi connectivity index (χ0v) is 12.1. The molecule has 0 atom stereocenters. The van der Waals surface area contributed by atoms with E-state index >= 15 is 0 Å². The normalized spacial score (nSPS) is 10.5. The van der Waals surface area contributed by atoms with Crippen LogP contribution in [0.5, 0.6) is 0 Å². The van der Waals surface area contributed by atoms with E-state index in [9.17, 15) is 0 Å². The minimum Gasteiger partial charge on any atom is -0.246 e. The Labute approximate surface area is 122 Å². The molecule has 0 fully saturated rings. The van der Waals surface area contributed by atoms with E-state index in [1.165, 1.54) is 11.8 Å². The first-order valence-electron chi connectivity index (χ1n) is 5.25. The summed E-state index contributed by atoms with van der Waals surface area (Å²) >= 11 is 4.63. The fourth-order valence-electron chi connectivity index (χ4n) is 1.17. The summed E-state index contributed by atoms with van der Waals surface area (Å²) < 4.78 is 1.02. The number of H-pyrrole nitrogens is 1. The molecule has 8 heteroatoms. The number of benzene rings is 1. The van der Waals surface area contributed by atoms with Crippen LogP contribution >= 0.6 is 27.7 Å². The molecular weight excluding hydrogens is 328 g/mol. The van der Waals surface area contributed by atoms with Gasteiger partial charge in [0.05, 0.1) is 18.0 Å². The zero-order chi connectivity index (χ0) is 13.5. The Kier molecular flexibility index (Phi) is 4.94. The van der Waals surface area contributed by atoms with Crippen molar-refractivity contribution in [2.24, 2.45) is 5.10 Å². The van der Waals surface area contributed by atoms with Gasteiger partial charge in [-0.2, -0.15) is 15.3 Å². The van der Waals surface area contributed by atoms with E-state index in [-0.39, 0.29) is 0 Å². The van der Waals surface area contributed by atoms with Crippen LogP contribution in [0, 0.1) is 11.3 Å². The molecule has 2 N–H and O–H groups in total. The Morgan fingerprint density at radius 3 is 3.00 bits per heavy atom. The highest BCUT2D eigenvalue weighted by Gasteiger charge is 2.01. The Morgan fingerprint density at radius 2 is 2.26 bits per heavy atom. The smallest absolute Gasteiger partial charge is 0.240 e. The van der Waals surface area contributed by atoms with Crippen molar-refractivity contribution in [3.8, 4) is 6.07 Å². The van der Waals surface area contributed by atoms with Crippen molar-refractivity contribution in [2.45, 2.75) is 5.16 Å². The molecule has 2 rings (SSSR count). The van der Waals surface area contributed by atoms with E-state index in [0.717, 1.165) is 10.0 Å². The summed E-state index contributed by atoms with van der Waals surface area (Å²) in [6.07, 6.45) is 1.68. The van der Waals surface area contributed by atoms with Crippen LogP contribution in [0.3, 0.4) is 0 Å². The van der Waals surface area contributed by atoms with Crippen LogP contribution in [0.25, 0.3) is 0 Å². The number of nitrogens with zero attached hydrogens (tertiary/aromatic N) is 4. The quantitative estimate of drug-likeness (QED) is 0.497. The number of nitriles is 1. The van der Waals surface area contributed by atoms with Crippen LogP contribution < -0.4 is 5.43 Å². The van der Waals surface area contributed by atoms with Crippen LogP contribution in [-0.4, -0.2) is 27.1 Å². The number of hydrazone groups is 1. The summed E-state index contributed by atoms with van der Waals surface area (Å²) in [5.41, 5.74) is 3.70. The van der Waals surface area contributed by atoms with Gasteiger partial charge in [-0.3, -0.25) is 0 Å². The molecule has 0 radical (unpaired) electrons. The number of hydrogen-bond donors (Lipinski definition) is 2. The predicted octanol–water partition coefficient (Wildman–Crippen LogP) is 2.63. The molecule has 0 saturated heterocycles. The van der Waals surface area contributed by atoms with Crippen LogP contribution in [0.2, 0.25) is 0 Å². The summed E-state index contributed by atoms with van der Waals surface area (Å²) in [6.45, 7) is 0. The molecule has 0 aliphatic carbocycles. The third kappa shape index (κ3) is 4.39. The van der Waals surface area contributed by atoms with Gasteiger partial charge in [-0.05, 0) is 17.7 Å². The van der Waals surface area contributed by atoms with Gasteiger partial charge in [0.25, 0.3) is 0 Å². The monoisotopic (exact) mass is 336 g/mol. The highest BCUT2D eigenvalue weighted by atomic mass is 79.9. The number of anilines is 1. The van der Waals surface area contributed by atoms with E-state index in [1.807, 2.05) is 30.3 Å². The standard InChI is InChI=1S/C11H9BrN6S/c12-9-3-1-8(2-4-9)7-14-16-10-15-11(18-17-10)19-6-5-13/h1-4,7H,6H2,(H2,15,16,17,18). The third-order valence-corrected chi connectivity index (χ3v) is 3.23. The summed E-state index contributed by atoms with van der Waals surface area (Å²) in [4.78, 5) is 4.11. The molecule has 0 spiro atoms. The summed E-state index contributed by atoms with van der Waals surface area (Å²) in [5.74, 6) is 0.758. The average molecular weight is 337 g/mol. The molecule has 0 bridgehead atoms. The molecule has 0 amide bonds. The second-order valence-electron chi connectivity index (χ2n) is 3.33. The van der Waals surface area contributed by atoms with Crippen molar-refractivity contribution in [1.82, 2.24) is 15.2 Å². The van der Waals surface area contributed by atoms with Crippen molar-refractivity contribution in [3.05, 3.63) is 34.3 Å². The van der Waals surface area contributed by atoms with Crippen molar-refractivity contribution >= 4 is 39.9 Å². The summed E-state index contributed by atoms with van der Waals surface area (Å²) in [5, 5.41) is 19.6. The number of aromatic amines is 1. The van der Waals surface area contributed by atoms with Crippen molar-refractivity contribution in [1.29, 1.82) is 5.26 Å². The van der Waals surface area contributed by atoms with Gasteiger partial charge in [0.2, 0.25) is 11.1 Å². The minimum absolute atomic E-state index is 0.319. The van der Waals surface area contributed by atoms with Gasteiger partial charge in [0.1, 0.15) is 0 Å².